The van der Waals surface area contributed by atoms with Crippen molar-refractivity contribution in [1.29, 1.82) is 0 Å². The topological polar surface area (TPSA) is 131 Å². The fourth-order valence-electron chi connectivity index (χ4n) is 2.45. The van der Waals surface area contributed by atoms with Gasteiger partial charge in [-0.05, 0) is 18.2 Å². The number of nitrogens with zero attached hydrogens (tertiary/aromatic N) is 1. The molecule has 27 heavy (non-hydrogen) atoms. The molecule has 0 saturated carbocycles. The molecular weight excluding hydrogens is 400 g/mol. The number of carbonyl (C=O) groups is 1. The van der Waals surface area contributed by atoms with E-state index in [1.54, 1.807) is 0 Å². The number of ether oxygens (including phenoxy) is 1. The Morgan fingerprint density at radius 3 is 2.63 bits per heavy atom. The lowest BCUT2D eigenvalue weighted by Crippen LogP contribution is -2.23. The van der Waals surface area contributed by atoms with Crippen LogP contribution < -0.4 is 20.3 Å². The summed E-state index contributed by atoms with van der Waals surface area (Å²) in [5, 5.41) is 10.9. The van der Waals surface area contributed by atoms with Gasteiger partial charge in [-0.25, -0.2) is 13.2 Å². The van der Waals surface area contributed by atoms with Crippen LogP contribution in [0.1, 0.15) is 10.4 Å². The van der Waals surface area contributed by atoms with E-state index < -0.39 is 21.7 Å². The highest BCUT2D eigenvalue weighted by Crippen LogP contribution is 2.32. The first-order valence-electron chi connectivity index (χ1n) is 7.35. The fraction of sp³-hybridized carbons (Fsp3) is 0.125. The number of oxazole rings is 1. The van der Waals surface area contributed by atoms with Crippen molar-refractivity contribution in [3.05, 3.63) is 51.5 Å². The summed E-state index contributed by atoms with van der Waals surface area (Å²) in [5.41, 5.74) is 0.115. The maximum atomic E-state index is 12.6. The number of aromatic carboxylic acids is 1. The van der Waals surface area contributed by atoms with Gasteiger partial charge in [0.15, 0.2) is 5.58 Å². The highest BCUT2D eigenvalue weighted by molar-refractivity contribution is 7.92. The van der Waals surface area contributed by atoms with Gasteiger partial charge in [-0.1, -0.05) is 11.6 Å². The van der Waals surface area contributed by atoms with Crippen molar-refractivity contribution in [1.82, 2.24) is 4.57 Å². The first-order valence-corrected chi connectivity index (χ1v) is 9.21. The molecule has 0 unspecified atom stereocenters. The smallest absolute Gasteiger partial charge is 0.419 e. The van der Waals surface area contributed by atoms with Crippen LogP contribution in [0.5, 0.6) is 5.75 Å². The number of halogens is 1. The summed E-state index contributed by atoms with van der Waals surface area (Å²) in [6, 6.07) is 6.06. The highest BCUT2D eigenvalue weighted by atomic mass is 35.5. The average molecular weight is 412 g/mol. The van der Waals surface area contributed by atoms with Gasteiger partial charge in [0.2, 0.25) is 0 Å². The number of rotatable bonds is 5. The number of anilines is 1. The van der Waals surface area contributed by atoms with Crippen LogP contribution in [0.15, 0.2) is 44.4 Å². The van der Waals surface area contributed by atoms with E-state index >= 15 is 0 Å². The third kappa shape index (κ3) is 3.36. The largest absolute Gasteiger partial charge is 0.545 e. The van der Waals surface area contributed by atoms with E-state index in [0.29, 0.717) is 5.52 Å². The zero-order chi connectivity index (χ0) is 19.9. The van der Waals surface area contributed by atoms with Gasteiger partial charge in [0.05, 0.1) is 34.2 Å². The SMILES string of the molecule is COc1cc(NS(=O)(=O)c2ccc3c(c2)oc(=O)n3C)c(Cl)cc1C(=O)[O-]. The van der Waals surface area contributed by atoms with Gasteiger partial charge in [0.1, 0.15) is 5.75 Å². The Bertz CT molecular complexity index is 1230. The van der Waals surface area contributed by atoms with Crippen LogP contribution in [0.4, 0.5) is 5.69 Å². The van der Waals surface area contributed by atoms with Crippen molar-refractivity contribution in [2.45, 2.75) is 4.90 Å². The van der Waals surface area contributed by atoms with Gasteiger partial charge in [0, 0.05) is 24.7 Å². The Balaban J connectivity index is 2.04. The fourth-order valence-corrected chi connectivity index (χ4v) is 3.80. The molecule has 1 heterocycles. The molecule has 0 bridgehead atoms. The van der Waals surface area contributed by atoms with Crippen LogP contribution in [0.2, 0.25) is 5.02 Å². The number of fused-ring (bicyclic) bond motifs is 1. The van der Waals surface area contributed by atoms with Crippen molar-refractivity contribution >= 4 is 44.4 Å². The number of benzene rings is 2. The molecule has 1 N–H and O–H groups in total. The molecule has 0 amide bonds. The second-order valence-electron chi connectivity index (χ2n) is 5.48. The molecule has 0 atom stereocenters. The quantitative estimate of drug-likeness (QED) is 0.661. The number of hydrogen-bond acceptors (Lipinski definition) is 7. The number of carboxylic acids is 1. The van der Waals surface area contributed by atoms with E-state index in [1.807, 2.05) is 0 Å². The highest BCUT2D eigenvalue weighted by Gasteiger charge is 2.20. The summed E-state index contributed by atoms with van der Waals surface area (Å²) < 4.78 is 38.7. The van der Waals surface area contributed by atoms with E-state index in [1.165, 1.54) is 36.9 Å². The number of carbonyl (C=O) groups excluding carboxylic acids is 1. The molecule has 0 aliphatic heterocycles. The van der Waals surface area contributed by atoms with Crippen molar-refractivity contribution in [3.63, 3.8) is 0 Å². The normalized spacial score (nSPS) is 11.5. The Kier molecular flexibility index (Phi) is 4.62. The van der Waals surface area contributed by atoms with E-state index in [4.69, 9.17) is 20.8 Å². The Hall–Kier alpha value is -2.98. The lowest BCUT2D eigenvalue weighted by atomic mass is 10.2. The Morgan fingerprint density at radius 1 is 1.30 bits per heavy atom. The van der Waals surface area contributed by atoms with E-state index in [0.717, 1.165) is 12.1 Å². The molecule has 3 rings (SSSR count). The summed E-state index contributed by atoms with van der Waals surface area (Å²) in [4.78, 5) is 22.4. The molecule has 0 spiro atoms. The monoisotopic (exact) mass is 411 g/mol. The van der Waals surface area contributed by atoms with Crippen LogP contribution in [0.25, 0.3) is 11.1 Å². The van der Waals surface area contributed by atoms with Gasteiger partial charge in [-0.3, -0.25) is 9.29 Å². The van der Waals surface area contributed by atoms with Gasteiger partial charge in [-0.15, -0.1) is 0 Å². The standard InChI is InChI=1S/C16H13ClN2O7S/c1-19-12-4-3-8(5-14(12)26-16(19)22)27(23,24)18-11-7-13(25-2)9(15(20)21)6-10(11)17/h3-7,18H,1-2H3,(H,20,21)/p-1. The molecular formula is C16H12ClN2O7S-. The number of carboxylic acid groups (broad SMARTS) is 1. The van der Waals surface area contributed by atoms with Gasteiger partial charge in [0.25, 0.3) is 10.0 Å². The lowest BCUT2D eigenvalue weighted by molar-refractivity contribution is -0.255. The average Bonchev–Trinajstić information content (AvgIpc) is 2.89. The molecule has 11 heteroatoms. The van der Waals surface area contributed by atoms with Crippen molar-refractivity contribution < 1.29 is 27.5 Å². The molecule has 3 aromatic rings. The van der Waals surface area contributed by atoms with Crippen LogP contribution in [-0.4, -0.2) is 26.1 Å². The summed E-state index contributed by atoms with van der Waals surface area (Å²) in [7, 11) is -1.40. The van der Waals surface area contributed by atoms with E-state index in [-0.39, 0.29) is 32.5 Å². The van der Waals surface area contributed by atoms with Crippen molar-refractivity contribution in [2.75, 3.05) is 11.8 Å². The first kappa shape index (κ1) is 18.8. The predicted molar refractivity (Wildman–Crippen MR) is 94.6 cm³/mol. The van der Waals surface area contributed by atoms with Crippen LogP contribution in [0, 0.1) is 0 Å². The molecule has 0 aliphatic rings. The summed E-state index contributed by atoms with van der Waals surface area (Å²) in [6.45, 7) is 0. The summed E-state index contributed by atoms with van der Waals surface area (Å²) in [5.74, 6) is -2.27. The van der Waals surface area contributed by atoms with Gasteiger partial charge >= 0.3 is 5.76 Å². The minimum atomic E-state index is -4.11. The molecule has 0 fully saturated rings. The van der Waals surface area contributed by atoms with E-state index in [9.17, 15) is 23.1 Å². The van der Waals surface area contributed by atoms with E-state index in [2.05, 4.69) is 4.72 Å². The maximum Gasteiger partial charge on any atom is 0.419 e. The number of aromatic nitrogens is 1. The third-order valence-corrected chi connectivity index (χ3v) is 5.50. The number of sulfonamides is 1. The Labute approximate surface area is 157 Å². The summed E-state index contributed by atoms with van der Waals surface area (Å²) >= 11 is 5.98. The van der Waals surface area contributed by atoms with Gasteiger partial charge in [-0.2, -0.15) is 0 Å². The minimum absolute atomic E-state index is 0.0897. The van der Waals surface area contributed by atoms with Crippen LogP contribution in [0.3, 0.4) is 0 Å². The number of hydrogen-bond donors (Lipinski definition) is 1. The second-order valence-corrected chi connectivity index (χ2v) is 7.57. The third-order valence-electron chi connectivity index (χ3n) is 3.83. The van der Waals surface area contributed by atoms with Crippen LogP contribution in [-0.2, 0) is 17.1 Å². The Morgan fingerprint density at radius 2 is 2.00 bits per heavy atom. The molecule has 142 valence electrons. The summed E-state index contributed by atoms with van der Waals surface area (Å²) in [6.07, 6.45) is 0. The number of aryl methyl sites for hydroxylation is 1. The molecule has 2 aromatic carbocycles. The molecule has 0 saturated heterocycles. The maximum absolute atomic E-state index is 12.6. The van der Waals surface area contributed by atoms with Crippen molar-refractivity contribution in [2.24, 2.45) is 7.05 Å². The zero-order valence-corrected chi connectivity index (χ0v) is 15.6. The lowest BCUT2D eigenvalue weighted by Gasteiger charge is -2.15. The molecule has 9 nitrogen and oxygen atoms in total. The minimum Gasteiger partial charge on any atom is -0.545 e. The van der Waals surface area contributed by atoms with Crippen LogP contribution >= 0.6 is 11.6 Å². The van der Waals surface area contributed by atoms with Gasteiger partial charge < -0.3 is 19.1 Å². The molecule has 0 radical (unpaired) electrons. The zero-order valence-electron chi connectivity index (χ0n) is 14.0. The second kappa shape index (κ2) is 6.63. The first-order chi connectivity index (χ1) is 12.6. The molecule has 1 aromatic heterocycles. The number of nitrogens with one attached hydrogen (secondary N) is 1. The van der Waals surface area contributed by atoms with Crippen molar-refractivity contribution in [3.8, 4) is 5.75 Å². The predicted octanol–water partition coefficient (Wildman–Crippen LogP) is 0.958. The number of methoxy groups -OCH3 is 1. The molecule has 0 aliphatic carbocycles.